The third-order valence-electron chi connectivity index (χ3n) is 5.94. The lowest BCUT2D eigenvalue weighted by Crippen LogP contribution is -2.45. The number of hydrogen-bond acceptors (Lipinski definition) is 6. The zero-order chi connectivity index (χ0) is 24.4. The van der Waals surface area contributed by atoms with E-state index in [0.29, 0.717) is 24.9 Å². The molecule has 2 aromatic heterocycles. The zero-order valence-electron chi connectivity index (χ0n) is 19.8. The smallest absolute Gasteiger partial charge is 0.322 e. The molecule has 2 aromatic carbocycles. The molecule has 178 valence electrons. The van der Waals surface area contributed by atoms with Crippen molar-refractivity contribution in [2.24, 2.45) is 0 Å². The van der Waals surface area contributed by atoms with Gasteiger partial charge in [0.1, 0.15) is 5.75 Å². The zero-order valence-corrected chi connectivity index (χ0v) is 20.6. The Labute approximate surface area is 208 Å². The summed E-state index contributed by atoms with van der Waals surface area (Å²) in [5, 5.41) is 9.34. The van der Waals surface area contributed by atoms with Crippen LogP contribution in [0.5, 0.6) is 5.75 Å². The van der Waals surface area contributed by atoms with Gasteiger partial charge in [0.2, 0.25) is 5.82 Å². The Balaban J connectivity index is 1.57. The maximum absolute atomic E-state index is 13.3. The molecule has 5 rings (SSSR count). The van der Waals surface area contributed by atoms with E-state index in [1.165, 1.54) is 0 Å². The molecule has 0 radical (unpaired) electrons. The Morgan fingerprint density at radius 2 is 1.94 bits per heavy atom. The van der Waals surface area contributed by atoms with Crippen LogP contribution in [0, 0.1) is 6.92 Å². The largest absolute Gasteiger partial charge is 0.494 e. The number of amides is 2. The number of urea groups is 1. The van der Waals surface area contributed by atoms with Gasteiger partial charge in [0, 0.05) is 5.70 Å². The number of allylic oxidation sites excluding steroid dienone is 1. The number of nitrogens with one attached hydrogen (secondary N) is 1. The number of thiophene rings is 1. The molecule has 0 aliphatic carbocycles. The number of aryl methyl sites for hydroxylation is 1. The third kappa shape index (κ3) is 4.70. The number of nitrogens with zero attached hydrogens (tertiary/aromatic N) is 3. The number of benzene rings is 2. The molecule has 0 fully saturated rings. The van der Waals surface area contributed by atoms with Crippen molar-refractivity contribution in [3.05, 3.63) is 94.3 Å². The highest BCUT2D eigenvalue weighted by molar-refractivity contribution is 7.13. The highest BCUT2D eigenvalue weighted by Crippen LogP contribution is 2.38. The van der Waals surface area contributed by atoms with E-state index in [2.05, 4.69) is 16.5 Å². The molecule has 1 atom stereocenters. The summed E-state index contributed by atoms with van der Waals surface area (Å²) in [5.74, 6) is 1.70. The molecular weight excluding hydrogens is 460 g/mol. The summed E-state index contributed by atoms with van der Waals surface area (Å²) in [6.07, 6.45) is 0. The van der Waals surface area contributed by atoms with Gasteiger partial charge in [0.05, 0.1) is 29.6 Å². The molecule has 0 bridgehead atoms. The first kappa shape index (κ1) is 22.9. The topological polar surface area (TPSA) is 80.5 Å². The van der Waals surface area contributed by atoms with Crippen LogP contribution in [0.3, 0.4) is 0 Å². The van der Waals surface area contributed by atoms with Gasteiger partial charge >= 0.3 is 6.03 Å². The Morgan fingerprint density at radius 1 is 1.11 bits per heavy atom. The molecule has 1 unspecified atom stereocenters. The van der Waals surface area contributed by atoms with Gasteiger partial charge in [0.25, 0.3) is 5.89 Å². The summed E-state index contributed by atoms with van der Waals surface area (Å²) >= 11 is 1.55. The summed E-state index contributed by atoms with van der Waals surface area (Å²) < 4.78 is 11.3. The summed E-state index contributed by atoms with van der Waals surface area (Å²) in [5.41, 5.74) is 4.64. The summed E-state index contributed by atoms with van der Waals surface area (Å²) in [6.45, 7) is 6.94. The first-order valence-corrected chi connectivity index (χ1v) is 12.4. The molecule has 4 aromatic rings. The molecule has 8 heteroatoms. The van der Waals surface area contributed by atoms with E-state index in [4.69, 9.17) is 14.2 Å². The quantitative estimate of drug-likeness (QED) is 0.336. The normalized spacial score (nSPS) is 15.9. The van der Waals surface area contributed by atoms with Gasteiger partial charge in [-0.2, -0.15) is 4.98 Å². The molecule has 0 saturated carbocycles. The van der Waals surface area contributed by atoms with Crippen LogP contribution in [0.25, 0.3) is 16.3 Å². The Bertz CT molecular complexity index is 1360. The first-order valence-electron chi connectivity index (χ1n) is 11.5. The molecule has 1 aliphatic rings. The number of carbonyl (C=O) groups excluding carboxylic acids is 1. The van der Waals surface area contributed by atoms with Crippen molar-refractivity contribution in [1.82, 2.24) is 20.4 Å². The van der Waals surface area contributed by atoms with Crippen molar-refractivity contribution in [2.75, 3.05) is 6.61 Å². The lowest BCUT2D eigenvalue weighted by atomic mass is 9.94. The predicted octanol–water partition coefficient (Wildman–Crippen LogP) is 6.20. The number of carbonyl (C=O) groups is 1. The van der Waals surface area contributed by atoms with E-state index in [1.54, 1.807) is 16.2 Å². The fraction of sp³-hybridized carbons (Fsp3) is 0.222. The molecule has 1 aliphatic heterocycles. The second-order valence-electron chi connectivity index (χ2n) is 8.36. The molecule has 0 spiro atoms. The molecule has 2 amide bonds. The monoisotopic (exact) mass is 486 g/mol. The van der Waals surface area contributed by atoms with Crippen LogP contribution < -0.4 is 10.1 Å². The SMILES string of the molecule is CCOc1ccc(C2NC(=O)N(Cc3cccc(C)c3)C(C)=C2c2nc(-c3cccs3)no2)cc1. The highest BCUT2D eigenvalue weighted by atomic mass is 32.1. The van der Waals surface area contributed by atoms with Crippen LogP contribution in [0.1, 0.15) is 42.5 Å². The Morgan fingerprint density at radius 3 is 2.66 bits per heavy atom. The van der Waals surface area contributed by atoms with Gasteiger partial charge in [0.15, 0.2) is 0 Å². The first-order chi connectivity index (χ1) is 17.0. The molecule has 7 nitrogen and oxygen atoms in total. The van der Waals surface area contributed by atoms with E-state index in [-0.39, 0.29) is 6.03 Å². The van der Waals surface area contributed by atoms with E-state index < -0.39 is 6.04 Å². The number of hydrogen-bond donors (Lipinski definition) is 1. The average molecular weight is 487 g/mol. The predicted molar refractivity (Wildman–Crippen MR) is 136 cm³/mol. The minimum absolute atomic E-state index is 0.176. The second kappa shape index (κ2) is 9.76. The summed E-state index contributed by atoms with van der Waals surface area (Å²) in [4.78, 5) is 20.7. The number of rotatable bonds is 7. The Hall–Kier alpha value is -3.91. The third-order valence-corrected chi connectivity index (χ3v) is 6.81. The van der Waals surface area contributed by atoms with Crippen molar-refractivity contribution in [3.8, 4) is 16.5 Å². The fourth-order valence-electron chi connectivity index (χ4n) is 4.25. The van der Waals surface area contributed by atoms with E-state index >= 15 is 0 Å². The van der Waals surface area contributed by atoms with Gasteiger partial charge in [-0.1, -0.05) is 53.2 Å². The number of aromatic nitrogens is 2. The minimum Gasteiger partial charge on any atom is -0.494 e. The number of ether oxygens (including phenoxy) is 1. The molecular formula is C27H26N4O3S. The van der Waals surface area contributed by atoms with Crippen molar-refractivity contribution in [2.45, 2.75) is 33.4 Å². The maximum atomic E-state index is 13.3. The molecule has 3 heterocycles. The summed E-state index contributed by atoms with van der Waals surface area (Å²) in [6, 6.07) is 19.2. The van der Waals surface area contributed by atoms with Crippen LogP contribution in [0.15, 0.2) is 76.3 Å². The van der Waals surface area contributed by atoms with Crippen molar-refractivity contribution in [1.29, 1.82) is 0 Å². The van der Waals surface area contributed by atoms with Gasteiger partial charge in [-0.3, -0.25) is 4.90 Å². The van der Waals surface area contributed by atoms with Gasteiger partial charge in [-0.25, -0.2) is 4.79 Å². The lowest BCUT2D eigenvalue weighted by molar-refractivity contribution is 0.203. The van der Waals surface area contributed by atoms with Crippen LogP contribution in [-0.2, 0) is 6.54 Å². The van der Waals surface area contributed by atoms with Crippen molar-refractivity contribution >= 4 is 22.9 Å². The second-order valence-corrected chi connectivity index (χ2v) is 9.31. The highest BCUT2D eigenvalue weighted by Gasteiger charge is 2.36. The maximum Gasteiger partial charge on any atom is 0.322 e. The van der Waals surface area contributed by atoms with Crippen LogP contribution >= 0.6 is 11.3 Å². The lowest BCUT2D eigenvalue weighted by Gasteiger charge is -2.35. The van der Waals surface area contributed by atoms with E-state index in [1.807, 2.05) is 80.7 Å². The minimum atomic E-state index is -0.441. The van der Waals surface area contributed by atoms with Gasteiger partial charge < -0.3 is 14.6 Å². The van der Waals surface area contributed by atoms with Gasteiger partial charge in [-0.15, -0.1) is 11.3 Å². The van der Waals surface area contributed by atoms with E-state index in [9.17, 15) is 4.79 Å². The molecule has 0 saturated heterocycles. The van der Waals surface area contributed by atoms with Crippen LogP contribution in [0.4, 0.5) is 4.79 Å². The molecule has 35 heavy (non-hydrogen) atoms. The summed E-state index contributed by atoms with van der Waals surface area (Å²) in [7, 11) is 0. The van der Waals surface area contributed by atoms with Crippen LogP contribution in [-0.4, -0.2) is 27.7 Å². The average Bonchev–Trinajstić information content (AvgIpc) is 3.55. The van der Waals surface area contributed by atoms with Crippen molar-refractivity contribution < 1.29 is 14.1 Å². The van der Waals surface area contributed by atoms with Gasteiger partial charge in [-0.05, 0) is 55.5 Å². The van der Waals surface area contributed by atoms with Crippen molar-refractivity contribution in [3.63, 3.8) is 0 Å². The Kier molecular flexibility index (Phi) is 6.37. The van der Waals surface area contributed by atoms with Crippen LogP contribution in [0.2, 0.25) is 0 Å². The standard InChI is InChI=1S/C27H26N4O3S/c1-4-33-21-12-10-20(11-13-21)24-23(26-29-25(30-34-26)22-9-6-14-35-22)18(3)31(27(32)28-24)16-19-8-5-7-17(2)15-19/h5-15,24H,4,16H2,1-3H3,(H,28,32). The van der Waals surface area contributed by atoms with E-state index in [0.717, 1.165) is 38.6 Å². The molecule has 1 N–H and O–H groups in total. The fourth-order valence-corrected chi connectivity index (χ4v) is 4.90.